The van der Waals surface area contributed by atoms with Gasteiger partial charge in [-0.05, 0) is 0 Å². The first kappa shape index (κ1) is 14.4. The molecule has 5 nitrogen and oxygen atoms in total. The molecule has 0 aliphatic carbocycles. The number of nitrogens with zero attached hydrogens (tertiary/aromatic N) is 4. The highest BCUT2D eigenvalue weighted by Gasteiger charge is 2.35. The molecule has 3 heterocycles. The number of anilines is 1. The molecular weight excluding hydrogens is 309 g/mol. The predicted molar refractivity (Wildman–Crippen MR) is 70.7 cm³/mol. The van der Waals surface area contributed by atoms with E-state index in [0.717, 1.165) is 6.07 Å². The van der Waals surface area contributed by atoms with Crippen LogP contribution < -0.4 is 4.90 Å². The van der Waals surface area contributed by atoms with Crippen LogP contribution in [0.1, 0.15) is 5.69 Å². The molecule has 0 N–H and O–H groups in total. The number of rotatable bonds is 2. The molecule has 2 aromatic heterocycles. The minimum Gasteiger partial charge on any atom is -0.377 e. The van der Waals surface area contributed by atoms with Gasteiger partial charge in [0.1, 0.15) is 5.52 Å². The molecule has 9 heteroatoms. The van der Waals surface area contributed by atoms with Crippen LogP contribution in [0.5, 0.6) is 0 Å². The number of ether oxygens (including phenoxy) is 1. The van der Waals surface area contributed by atoms with Gasteiger partial charge in [-0.25, -0.2) is 9.50 Å². The van der Waals surface area contributed by atoms with Crippen molar-refractivity contribution in [3.05, 3.63) is 24.2 Å². The quantitative estimate of drug-likeness (QED) is 0.796. The van der Waals surface area contributed by atoms with Gasteiger partial charge in [0.25, 0.3) is 0 Å². The second kappa shape index (κ2) is 5.34. The monoisotopic (exact) mass is 320 g/mol. The first-order valence-corrected chi connectivity index (χ1v) is 6.86. The topological polar surface area (TPSA) is 42.7 Å². The summed E-state index contributed by atoms with van der Waals surface area (Å²) >= 11 is 5.90. The molecule has 2 aromatic rings. The van der Waals surface area contributed by atoms with Crippen LogP contribution in [0.2, 0.25) is 0 Å². The van der Waals surface area contributed by atoms with Crippen LogP contribution in [0.4, 0.5) is 19.0 Å². The van der Waals surface area contributed by atoms with Gasteiger partial charge in [-0.15, -0.1) is 11.6 Å². The zero-order valence-electron chi connectivity index (χ0n) is 10.8. The van der Waals surface area contributed by atoms with Crippen LogP contribution >= 0.6 is 11.6 Å². The molecule has 0 radical (unpaired) electrons. The summed E-state index contributed by atoms with van der Waals surface area (Å²) in [5.74, 6) is 0.748. The number of alkyl halides is 4. The summed E-state index contributed by atoms with van der Waals surface area (Å²) in [7, 11) is 0. The number of hydrogen-bond donors (Lipinski definition) is 0. The standard InChI is InChI=1S/C12H12ClF3N4O/c13-6-8-7-21-4-3-19(8)11-9-5-10(12(14,15)16)18-20(9)2-1-17-11/h1-2,5,8H,3-4,6-7H2. The van der Waals surface area contributed by atoms with Crippen LogP contribution in [0.15, 0.2) is 18.5 Å². The lowest BCUT2D eigenvalue weighted by atomic mass is 10.2. The third-order valence-electron chi connectivity index (χ3n) is 3.34. The van der Waals surface area contributed by atoms with Gasteiger partial charge in [0.15, 0.2) is 11.5 Å². The number of morpholine rings is 1. The highest BCUT2D eigenvalue weighted by atomic mass is 35.5. The van der Waals surface area contributed by atoms with Crippen LogP contribution in [-0.2, 0) is 10.9 Å². The van der Waals surface area contributed by atoms with Gasteiger partial charge in [0.05, 0.1) is 19.3 Å². The minimum atomic E-state index is -4.49. The van der Waals surface area contributed by atoms with Crippen LogP contribution in [0.3, 0.4) is 0 Å². The molecule has 0 spiro atoms. The van der Waals surface area contributed by atoms with Crippen molar-refractivity contribution in [3.63, 3.8) is 0 Å². The lowest BCUT2D eigenvalue weighted by Gasteiger charge is -2.35. The van der Waals surface area contributed by atoms with Crippen molar-refractivity contribution in [2.45, 2.75) is 12.2 Å². The van der Waals surface area contributed by atoms with E-state index in [1.807, 2.05) is 4.90 Å². The first-order chi connectivity index (χ1) is 10.0. The number of hydrogen-bond acceptors (Lipinski definition) is 4. The van der Waals surface area contributed by atoms with Crippen molar-refractivity contribution in [3.8, 4) is 0 Å². The fourth-order valence-electron chi connectivity index (χ4n) is 2.33. The SMILES string of the molecule is FC(F)(F)c1cc2c(N3CCOCC3CCl)nccn2n1. The van der Waals surface area contributed by atoms with Crippen LogP contribution in [-0.4, -0.2) is 46.3 Å². The fraction of sp³-hybridized carbons (Fsp3) is 0.500. The van der Waals surface area contributed by atoms with E-state index in [9.17, 15) is 13.2 Å². The van der Waals surface area contributed by atoms with Gasteiger partial charge in [-0.2, -0.15) is 18.3 Å². The van der Waals surface area contributed by atoms with Gasteiger partial charge in [-0.1, -0.05) is 0 Å². The molecule has 1 saturated heterocycles. The highest BCUT2D eigenvalue weighted by molar-refractivity contribution is 6.18. The summed E-state index contributed by atoms with van der Waals surface area (Å²) in [5.41, 5.74) is -0.630. The molecule has 1 aliphatic heterocycles. The van der Waals surface area contributed by atoms with Crippen molar-refractivity contribution in [2.24, 2.45) is 0 Å². The zero-order valence-corrected chi connectivity index (χ0v) is 11.6. The van der Waals surface area contributed by atoms with Gasteiger partial charge >= 0.3 is 6.18 Å². The molecule has 1 unspecified atom stereocenters. The molecule has 0 aromatic carbocycles. The van der Waals surface area contributed by atoms with Crippen molar-refractivity contribution in [1.29, 1.82) is 0 Å². The molecule has 114 valence electrons. The average molecular weight is 321 g/mol. The summed E-state index contributed by atoms with van der Waals surface area (Å²) in [6, 6.07) is 0.881. The fourth-order valence-corrected chi connectivity index (χ4v) is 2.59. The highest BCUT2D eigenvalue weighted by Crippen LogP contribution is 2.31. The summed E-state index contributed by atoms with van der Waals surface area (Å²) in [6.45, 7) is 1.43. The maximum atomic E-state index is 12.8. The lowest BCUT2D eigenvalue weighted by molar-refractivity contribution is -0.141. The van der Waals surface area contributed by atoms with Crippen molar-refractivity contribution in [1.82, 2.24) is 14.6 Å². The Morgan fingerprint density at radius 1 is 1.43 bits per heavy atom. The van der Waals surface area contributed by atoms with Crippen LogP contribution in [0, 0.1) is 0 Å². The number of halogens is 4. The summed E-state index contributed by atoms with van der Waals surface area (Å²) in [6.07, 6.45) is -1.67. The van der Waals surface area contributed by atoms with E-state index in [1.165, 1.54) is 16.9 Å². The Morgan fingerprint density at radius 2 is 2.24 bits per heavy atom. The molecule has 0 amide bonds. The molecule has 1 atom stereocenters. The smallest absolute Gasteiger partial charge is 0.377 e. The average Bonchev–Trinajstić information content (AvgIpc) is 2.91. The Kier molecular flexibility index (Phi) is 3.66. The lowest BCUT2D eigenvalue weighted by Crippen LogP contribution is -2.47. The second-order valence-corrected chi connectivity index (χ2v) is 4.99. The molecule has 1 aliphatic rings. The first-order valence-electron chi connectivity index (χ1n) is 6.32. The van der Waals surface area contributed by atoms with Gasteiger partial charge in [0, 0.05) is 30.9 Å². The van der Waals surface area contributed by atoms with E-state index in [4.69, 9.17) is 16.3 Å². The third kappa shape index (κ3) is 2.65. The van der Waals surface area contributed by atoms with E-state index in [0.29, 0.717) is 37.0 Å². The van der Waals surface area contributed by atoms with E-state index < -0.39 is 11.9 Å². The van der Waals surface area contributed by atoms with Crippen molar-refractivity contribution in [2.75, 3.05) is 30.5 Å². The van der Waals surface area contributed by atoms with Gasteiger partial charge in [0.2, 0.25) is 0 Å². The summed E-state index contributed by atoms with van der Waals surface area (Å²) in [4.78, 5) is 6.08. The molecule has 0 saturated carbocycles. The Hall–Kier alpha value is -1.54. The zero-order chi connectivity index (χ0) is 15.0. The molecular formula is C12H12ClF3N4O. The van der Waals surface area contributed by atoms with E-state index in [2.05, 4.69) is 10.1 Å². The van der Waals surface area contributed by atoms with Gasteiger partial charge < -0.3 is 9.64 Å². The van der Waals surface area contributed by atoms with Crippen LogP contribution in [0.25, 0.3) is 5.52 Å². The van der Waals surface area contributed by atoms with Crippen molar-refractivity contribution < 1.29 is 17.9 Å². The Labute approximate surface area is 123 Å². The number of fused-ring (bicyclic) bond motifs is 1. The maximum absolute atomic E-state index is 12.8. The molecule has 1 fully saturated rings. The largest absolute Gasteiger partial charge is 0.435 e. The normalized spacial score (nSPS) is 20.2. The molecule has 21 heavy (non-hydrogen) atoms. The van der Waals surface area contributed by atoms with E-state index >= 15 is 0 Å². The predicted octanol–water partition coefficient (Wildman–Crippen LogP) is 2.19. The summed E-state index contributed by atoms with van der Waals surface area (Å²) in [5, 5.41) is 3.55. The third-order valence-corrected chi connectivity index (χ3v) is 3.69. The molecule has 0 bridgehead atoms. The second-order valence-electron chi connectivity index (χ2n) is 4.68. The van der Waals surface area contributed by atoms with E-state index in [-0.39, 0.29) is 6.04 Å². The van der Waals surface area contributed by atoms with Gasteiger partial charge in [-0.3, -0.25) is 0 Å². The Morgan fingerprint density at radius 3 is 2.95 bits per heavy atom. The number of aromatic nitrogens is 3. The summed E-state index contributed by atoms with van der Waals surface area (Å²) < 4.78 is 44.9. The maximum Gasteiger partial charge on any atom is 0.435 e. The molecule has 3 rings (SSSR count). The Bertz CT molecular complexity index is 645. The minimum absolute atomic E-state index is 0.122. The Balaban J connectivity index is 2.07. The van der Waals surface area contributed by atoms with Crippen molar-refractivity contribution >= 4 is 22.9 Å². The van der Waals surface area contributed by atoms with E-state index in [1.54, 1.807) is 0 Å².